The highest BCUT2D eigenvalue weighted by atomic mass is 16.2. The van der Waals surface area contributed by atoms with Crippen molar-refractivity contribution in [3.8, 4) is 0 Å². The fraction of sp³-hybridized carbons (Fsp3) is 0.292. The zero-order chi connectivity index (χ0) is 23.7. The summed E-state index contributed by atoms with van der Waals surface area (Å²) in [6.07, 6.45) is 4.64. The van der Waals surface area contributed by atoms with Crippen LogP contribution in [0.3, 0.4) is 0 Å². The first-order valence-corrected chi connectivity index (χ1v) is 11.3. The summed E-state index contributed by atoms with van der Waals surface area (Å²) in [6, 6.07) is 12.0. The molecular weight excluding hydrogens is 434 g/mol. The zero-order valence-corrected chi connectivity index (χ0v) is 18.7. The Balaban J connectivity index is 1.14. The number of para-hydroxylation sites is 1. The number of aromatic amines is 1. The molecular formula is C24H25N7O3. The number of amides is 4. The van der Waals surface area contributed by atoms with Gasteiger partial charge in [-0.15, -0.1) is 10.2 Å². The summed E-state index contributed by atoms with van der Waals surface area (Å²) in [4.78, 5) is 42.1. The Labute approximate surface area is 195 Å². The van der Waals surface area contributed by atoms with E-state index in [0.717, 1.165) is 16.5 Å². The number of pyridine rings is 1. The smallest absolute Gasteiger partial charge is 0.324 e. The van der Waals surface area contributed by atoms with Crippen LogP contribution in [0, 0.1) is 0 Å². The van der Waals surface area contributed by atoms with Crippen molar-refractivity contribution in [1.82, 2.24) is 35.1 Å². The second-order valence-corrected chi connectivity index (χ2v) is 8.42. The normalized spacial score (nSPS) is 16.9. The maximum Gasteiger partial charge on any atom is 0.324 e. The summed E-state index contributed by atoms with van der Waals surface area (Å²) in [6.45, 7) is 2.11. The molecule has 0 aliphatic carbocycles. The summed E-state index contributed by atoms with van der Waals surface area (Å²) >= 11 is 0. The first-order valence-electron chi connectivity index (χ1n) is 11.3. The highest BCUT2D eigenvalue weighted by Crippen LogP contribution is 2.20. The number of hydrogen-bond acceptors (Lipinski definition) is 5. The number of aromatic nitrogens is 4. The number of benzene rings is 1. The fourth-order valence-corrected chi connectivity index (χ4v) is 4.36. The van der Waals surface area contributed by atoms with E-state index in [1.807, 2.05) is 66.2 Å². The first-order chi connectivity index (χ1) is 16.5. The Kier molecular flexibility index (Phi) is 5.70. The molecule has 0 radical (unpaired) electrons. The van der Waals surface area contributed by atoms with Crippen LogP contribution in [0.1, 0.15) is 37.2 Å². The number of urea groups is 1. The molecule has 2 unspecified atom stereocenters. The first kappa shape index (κ1) is 21.6. The molecule has 0 spiro atoms. The number of fused-ring (bicyclic) bond motifs is 2. The SMILES string of the molecule is CC(NC(=O)CCC1NC(=O)N(CCc2c[nH]c3ccccc23)C1=O)c1nnc2ccccn12. The number of imide groups is 1. The molecule has 4 amide bonds. The lowest BCUT2D eigenvalue weighted by Crippen LogP contribution is -2.34. The van der Waals surface area contributed by atoms with E-state index in [4.69, 9.17) is 0 Å². The van der Waals surface area contributed by atoms with Crippen molar-refractivity contribution >= 4 is 34.4 Å². The molecule has 4 heterocycles. The molecule has 1 aliphatic heterocycles. The average molecular weight is 460 g/mol. The van der Waals surface area contributed by atoms with E-state index in [9.17, 15) is 14.4 Å². The maximum atomic E-state index is 12.8. The number of carbonyl (C=O) groups is 3. The highest BCUT2D eigenvalue weighted by molar-refractivity contribution is 6.04. The third-order valence-corrected chi connectivity index (χ3v) is 6.15. The van der Waals surface area contributed by atoms with E-state index in [2.05, 4.69) is 25.8 Å². The van der Waals surface area contributed by atoms with Gasteiger partial charge in [0.1, 0.15) is 6.04 Å². The van der Waals surface area contributed by atoms with E-state index in [1.54, 1.807) is 0 Å². The molecule has 174 valence electrons. The van der Waals surface area contributed by atoms with Crippen LogP contribution in [0.5, 0.6) is 0 Å². The van der Waals surface area contributed by atoms with Crippen LogP contribution >= 0.6 is 0 Å². The number of rotatable bonds is 8. The van der Waals surface area contributed by atoms with Crippen LogP contribution in [0.15, 0.2) is 54.9 Å². The standard InChI is InChI=1S/C24H25N7O3/c1-15(22-29-28-20-8-4-5-12-30(20)22)26-21(32)10-9-19-23(33)31(24(34)27-19)13-11-16-14-25-18-7-3-2-6-17(16)18/h2-8,12,14-15,19,25H,9-11,13H2,1H3,(H,26,32)(H,27,34). The van der Waals surface area contributed by atoms with Gasteiger partial charge < -0.3 is 15.6 Å². The fourth-order valence-electron chi connectivity index (χ4n) is 4.36. The lowest BCUT2D eigenvalue weighted by molar-refractivity contribution is -0.127. The molecule has 5 rings (SSSR count). The molecule has 1 saturated heterocycles. The van der Waals surface area contributed by atoms with Crippen molar-refractivity contribution in [3.63, 3.8) is 0 Å². The summed E-state index contributed by atoms with van der Waals surface area (Å²) in [7, 11) is 0. The molecule has 10 nitrogen and oxygen atoms in total. The predicted octanol–water partition coefficient (Wildman–Crippen LogP) is 2.33. The number of nitrogens with zero attached hydrogens (tertiary/aromatic N) is 4. The molecule has 1 aliphatic rings. The molecule has 1 fully saturated rings. The monoisotopic (exact) mass is 459 g/mol. The minimum Gasteiger partial charge on any atom is -0.361 e. The van der Waals surface area contributed by atoms with Crippen molar-refractivity contribution < 1.29 is 14.4 Å². The van der Waals surface area contributed by atoms with Gasteiger partial charge >= 0.3 is 6.03 Å². The minimum atomic E-state index is -0.703. The minimum absolute atomic E-state index is 0.105. The van der Waals surface area contributed by atoms with Crippen LogP contribution in [-0.4, -0.2) is 54.9 Å². The number of nitrogens with one attached hydrogen (secondary N) is 3. The van der Waals surface area contributed by atoms with E-state index in [1.165, 1.54) is 4.90 Å². The van der Waals surface area contributed by atoms with Gasteiger partial charge in [0.25, 0.3) is 5.91 Å². The Morgan fingerprint density at radius 3 is 2.85 bits per heavy atom. The number of carbonyl (C=O) groups excluding carboxylic acids is 3. The zero-order valence-electron chi connectivity index (χ0n) is 18.7. The molecule has 10 heteroatoms. The van der Waals surface area contributed by atoms with Crippen LogP contribution in [0.4, 0.5) is 4.79 Å². The summed E-state index contributed by atoms with van der Waals surface area (Å²) in [5.74, 6) is 0.103. The summed E-state index contributed by atoms with van der Waals surface area (Å²) in [5.41, 5.74) is 2.77. The van der Waals surface area contributed by atoms with Gasteiger partial charge in [0.2, 0.25) is 5.91 Å². The van der Waals surface area contributed by atoms with Gasteiger partial charge in [-0.05, 0) is 43.5 Å². The maximum absolute atomic E-state index is 12.8. The van der Waals surface area contributed by atoms with Gasteiger partial charge in [-0.3, -0.25) is 18.9 Å². The van der Waals surface area contributed by atoms with Crippen molar-refractivity contribution in [2.24, 2.45) is 0 Å². The second-order valence-electron chi connectivity index (χ2n) is 8.42. The molecule has 4 aromatic rings. The van der Waals surface area contributed by atoms with Crippen molar-refractivity contribution in [2.45, 2.75) is 38.3 Å². The van der Waals surface area contributed by atoms with Crippen LogP contribution < -0.4 is 10.6 Å². The van der Waals surface area contributed by atoms with Crippen LogP contribution in [-0.2, 0) is 16.0 Å². The lowest BCUT2D eigenvalue weighted by Gasteiger charge is -2.14. The topological polar surface area (TPSA) is 124 Å². The highest BCUT2D eigenvalue weighted by Gasteiger charge is 2.37. The van der Waals surface area contributed by atoms with Gasteiger partial charge in [-0.1, -0.05) is 24.3 Å². The molecule has 3 N–H and O–H groups in total. The molecule has 3 aromatic heterocycles. The summed E-state index contributed by atoms with van der Waals surface area (Å²) < 4.78 is 1.82. The van der Waals surface area contributed by atoms with Crippen LogP contribution in [0.25, 0.3) is 16.6 Å². The third-order valence-electron chi connectivity index (χ3n) is 6.15. The number of H-pyrrole nitrogens is 1. The average Bonchev–Trinajstić information content (AvgIpc) is 3.52. The summed E-state index contributed by atoms with van der Waals surface area (Å²) in [5, 5.41) is 14.9. The Morgan fingerprint density at radius 1 is 1.15 bits per heavy atom. The Bertz CT molecular complexity index is 1380. The molecule has 0 saturated carbocycles. The lowest BCUT2D eigenvalue weighted by atomic mass is 10.1. The second kappa shape index (κ2) is 8.97. The third kappa shape index (κ3) is 4.09. The van der Waals surface area contributed by atoms with E-state index in [0.29, 0.717) is 17.9 Å². The molecule has 0 bridgehead atoms. The van der Waals surface area contributed by atoms with Crippen molar-refractivity contribution in [3.05, 3.63) is 66.2 Å². The van der Waals surface area contributed by atoms with Crippen molar-refractivity contribution in [2.75, 3.05) is 6.54 Å². The van der Waals surface area contributed by atoms with Crippen LogP contribution in [0.2, 0.25) is 0 Å². The molecule has 1 aromatic carbocycles. The number of hydrogen-bond donors (Lipinski definition) is 3. The Hall–Kier alpha value is -4.21. The molecule has 2 atom stereocenters. The van der Waals surface area contributed by atoms with Gasteiger partial charge in [-0.25, -0.2) is 4.79 Å². The quantitative estimate of drug-likeness (QED) is 0.349. The largest absolute Gasteiger partial charge is 0.361 e. The predicted molar refractivity (Wildman–Crippen MR) is 125 cm³/mol. The van der Waals surface area contributed by atoms with E-state index < -0.39 is 12.1 Å². The van der Waals surface area contributed by atoms with E-state index >= 15 is 0 Å². The van der Waals surface area contributed by atoms with Gasteiger partial charge in [-0.2, -0.15) is 0 Å². The van der Waals surface area contributed by atoms with Gasteiger partial charge in [0.05, 0.1) is 6.04 Å². The van der Waals surface area contributed by atoms with Gasteiger partial charge in [0.15, 0.2) is 11.5 Å². The van der Waals surface area contributed by atoms with Gasteiger partial charge in [0, 0.05) is 36.3 Å². The Morgan fingerprint density at radius 2 is 1.97 bits per heavy atom. The molecule has 34 heavy (non-hydrogen) atoms. The van der Waals surface area contributed by atoms with Crippen molar-refractivity contribution in [1.29, 1.82) is 0 Å². The van der Waals surface area contributed by atoms with E-state index in [-0.39, 0.29) is 37.2 Å².